The van der Waals surface area contributed by atoms with Gasteiger partial charge in [0.1, 0.15) is 0 Å². The highest BCUT2D eigenvalue weighted by atomic mass is 16.6. The standard InChI is InChI=1S/C24H26N2O5/c1-15(2)31-24(28)23-17(4)25(14-18-8-6-10-20(12-18)26(29)30)22(27)13-21(23)19-9-5-7-16(3)11-19/h5-12,15,21H,13-14H2,1-4H3. The number of ether oxygens (including phenoxy) is 1. The van der Waals surface area contributed by atoms with Gasteiger partial charge in [0.15, 0.2) is 0 Å². The molecule has 162 valence electrons. The van der Waals surface area contributed by atoms with E-state index in [1.165, 1.54) is 17.0 Å². The molecule has 7 heteroatoms. The molecule has 0 spiro atoms. The minimum atomic E-state index is -0.469. The molecule has 0 saturated carbocycles. The van der Waals surface area contributed by atoms with Crippen molar-refractivity contribution in [3.05, 3.63) is 86.6 Å². The molecule has 0 aromatic heterocycles. The van der Waals surface area contributed by atoms with E-state index < -0.39 is 16.8 Å². The molecule has 1 heterocycles. The van der Waals surface area contributed by atoms with Crippen molar-refractivity contribution >= 4 is 17.6 Å². The van der Waals surface area contributed by atoms with Gasteiger partial charge in [-0.2, -0.15) is 0 Å². The van der Waals surface area contributed by atoms with Gasteiger partial charge in [-0.15, -0.1) is 0 Å². The van der Waals surface area contributed by atoms with Crippen molar-refractivity contribution in [1.82, 2.24) is 4.90 Å². The lowest BCUT2D eigenvalue weighted by atomic mass is 9.83. The summed E-state index contributed by atoms with van der Waals surface area (Å²) in [5.41, 5.74) is 3.47. The lowest BCUT2D eigenvalue weighted by Gasteiger charge is -2.35. The van der Waals surface area contributed by atoms with Crippen LogP contribution in [0.2, 0.25) is 0 Å². The number of hydrogen-bond donors (Lipinski definition) is 0. The second kappa shape index (κ2) is 9.12. The number of hydrogen-bond acceptors (Lipinski definition) is 5. The monoisotopic (exact) mass is 422 g/mol. The molecule has 1 aliphatic heterocycles. The molecule has 2 aromatic carbocycles. The fourth-order valence-electron chi connectivity index (χ4n) is 3.87. The third-order valence-corrected chi connectivity index (χ3v) is 5.29. The molecule has 0 saturated heterocycles. The Morgan fingerprint density at radius 1 is 1.19 bits per heavy atom. The molecule has 0 radical (unpaired) electrons. The van der Waals surface area contributed by atoms with Crippen LogP contribution in [0.15, 0.2) is 59.8 Å². The van der Waals surface area contributed by atoms with E-state index in [1.54, 1.807) is 32.9 Å². The van der Waals surface area contributed by atoms with Crippen LogP contribution in [0.4, 0.5) is 5.69 Å². The SMILES string of the molecule is CC1=C(C(=O)OC(C)C)C(c2cccc(C)c2)CC(=O)N1Cc1cccc([N+](=O)[O-])c1. The Hall–Kier alpha value is -3.48. The van der Waals surface area contributed by atoms with Crippen molar-refractivity contribution in [3.8, 4) is 0 Å². The van der Waals surface area contributed by atoms with Crippen LogP contribution in [-0.2, 0) is 20.9 Å². The lowest BCUT2D eigenvalue weighted by Crippen LogP contribution is -2.38. The summed E-state index contributed by atoms with van der Waals surface area (Å²) in [5.74, 6) is -0.993. The van der Waals surface area contributed by atoms with Crippen molar-refractivity contribution < 1.29 is 19.2 Å². The van der Waals surface area contributed by atoms with Crippen molar-refractivity contribution in [3.63, 3.8) is 0 Å². The Kier molecular flexibility index (Phi) is 6.53. The number of carbonyl (C=O) groups is 2. The first-order chi connectivity index (χ1) is 14.7. The van der Waals surface area contributed by atoms with Crippen LogP contribution in [0.5, 0.6) is 0 Å². The molecule has 2 aromatic rings. The summed E-state index contributed by atoms with van der Waals surface area (Å²) in [6, 6.07) is 13.9. The fraction of sp³-hybridized carbons (Fsp3) is 0.333. The predicted octanol–water partition coefficient (Wildman–Crippen LogP) is 4.64. The third-order valence-electron chi connectivity index (χ3n) is 5.29. The van der Waals surface area contributed by atoms with Crippen molar-refractivity contribution in [2.24, 2.45) is 0 Å². The van der Waals surface area contributed by atoms with Gasteiger partial charge in [0.2, 0.25) is 5.91 Å². The molecular formula is C24H26N2O5. The zero-order chi connectivity index (χ0) is 22.7. The van der Waals surface area contributed by atoms with Crippen LogP contribution in [0, 0.1) is 17.0 Å². The number of nitro benzene ring substituents is 1. The molecule has 31 heavy (non-hydrogen) atoms. The van der Waals surface area contributed by atoms with E-state index in [-0.39, 0.29) is 30.7 Å². The average Bonchev–Trinajstić information content (AvgIpc) is 2.70. The van der Waals surface area contributed by atoms with Crippen LogP contribution in [0.1, 0.15) is 49.8 Å². The summed E-state index contributed by atoms with van der Waals surface area (Å²) in [6.45, 7) is 7.40. The Labute approximate surface area is 181 Å². The van der Waals surface area contributed by atoms with E-state index >= 15 is 0 Å². The number of aryl methyl sites for hydroxylation is 1. The summed E-state index contributed by atoms with van der Waals surface area (Å²) in [4.78, 5) is 38.3. The van der Waals surface area contributed by atoms with Crippen molar-refractivity contribution in [2.45, 2.75) is 52.7 Å². The Bertz CT molecular complexity index is 1060. The fourth-order valence-corrected chi connectivity index (χ4v) is 3.87. The van der Waals surface area contributed by atoms with Gasteiger partial charge in [-0.25, -0.2) is 4.79 Å². The van der Waals surface area contributed by atoms with Crippen LogP contribution in [0.25, 0.3) is 0 Å². The topological polar surface area (TPSA) is 89.8 Å². The number of esters is 1. The predicted molar refractivity (Wildman–Crippen MR) is 116 cm³/mol. The van der Waals surface area contributed by atoms with E-state index in [9.17, 15) is 19.7 Å². The van der Waals surface area contributed by atoms with Crippen molar-refractivity contribution in [2.75, 3.05) is 0 Å². The van der Waals surface area contributed by atoms with E-state index in [0.29, 0.717) is 16.8 Å². The van der Waals surface area contributed by atoms with E-state index in [0.717, 1.165) is 11.1 Å². The number of rotatable bonds is 6. The van der Waals surface area contributed by atoms with E-state index in [4.69, 9.17) is 4.74 Å². The molecule has 7 nitrogen and oxygen atoms in total. The maximum Gasteiger partial charge on any atom is 0.336 e. The smallest absolute Gasteiger partial charge is 0.336 e. The highest BCUT2D eigenvalue weighted by Gasteiger charge is 2.37. The minimum Gasteiger partial charge on any atom is -0.460 e. The second-order valence-corrected chi connectivity index (χ2v) is 8.03. The second-order valence-electron chi connectivity index (χ2n) is 8.03. The normalized spacial score (nSPS) is 16.6. The van der Waals surface area contributed by atoms with Gasteiger partial charge in [0.25, 0.3) is 5.69 Å². The number of nitrogens with zero attached hydrogens (tertiary/aromatic N) is 2. The Morgan fingerprint density at radius 3 is 2.55 bits per heavy atom. The molecule has 0 aliphatic carbocycles. The van der Waals surface area contributed by atoms with Gasteiger partial charge < -0.3 is 9.64 Å². The number of benzene rings is 2. The summed E-state index contributed by atoms with van der Waals surface area (Å²) in [7, 11) is 0. The molecule has 3 rings (SSSR count). The maximum atomic E-state index is 13.1. The third kappa shape index (κ3) is 4.99. The zero-order valence-electron chi connectivity index (χ0n) is 18.1. The summed E-state index contributed by atoms with van der Waals surface area (Å²) >= 11 is 0. The van der Waals surface area contributed by atoms with Crippen LogP contribution < -0.4 is 0 Å². The van der Waals surface area contributed by atoms with E-state index in [2.05, 4.69) is 0 Å². The number of carbonyl (C=O) groups excluding carboxylic acids is 2. The molecule has 1 atom stereocenters. The molecule has 0 N–H and O–H groups in total. The average molecular weight is 422 g/mol. The van der Waals surface area contributed by atoms with Crippen LogP contribution in [0.3, 0.4) is 0 Å². The van der Waals surface area contributed by atoms with Gasteiger partial charge in [-0.3, -0.25) is 14.9 Å². The Balaban J connectivity index is 2.04. The number of allylic oxidation sites excluding steroid dienone is 1. The zero-order valence-corrected chi connectivity index (χ0v) is 18.1. The van der Waals surface area contributed by atoms with Crippen LogP contribution in [-0.4, -0.2) is 27.8 Å². The molecule has 0 fully saturated rings. The minimum absolute atomic E-state index is 0.0410. The van der Waals surface area contributed by atoms with Gasteiger partial charge in [-0.1, -0.05) is 42.0 Å². The van der Waals surface area contributed by atoms with E-state index in [1.807, 2.05) is 31.2 Å². The van der Waals surface area contributed by atoms with Gasteiger partial charge in [0, 0.05) is 30.2 Å². The quantitative estimate of drug-likeness (QED) is 0.384. The molecular weight excluding hydrogens is 396 g/mol. The summed E-state index contributed by atoms with van der Waals surface area (Å²) in [6.07, 6.45) is -0.174. The molecule has 1 aliphatic rings. The highest BCUT2D eigenvalue weighted by molar-refractivity contribution is 5.96. The molecule has 1 amide bonds. The Morgan fingerprint density at radius 2 is 1.90 bits per heavy atom. The van der Waals surface area contributed by atoms with Gasteiger partial charge in [-0.05, 0) is 38.8 Å². The number of amides is 1. The molecule has 1 unspecified atom stereocenters. The number of non-ortho nitro benzene ring substituents is 1. The van der Waals surface area contributed by atoms with Gasteiger partial charge >= 0.3 is 5.97 Å². The first-order valence-electron chi connectivity index (χ1n) is 10.2. The highest BCUT2D eigenvalue weighted by Crippen LogP contribution is 2.38. The number of nitro groups is 1. The van der Waals surface area contributed by atoms with Gasteiger partial charge in [0.05, 0.1) is 23.1 Å². The van der Waals surface area contributed by atoms with Crippen LogP contribution >= 0.6 is 0 Å². The lowest BCUT2D eigenvalue weighted by molar-refractivity contribution is -0.384. The first-order valence-corrected chi connectivity index (χ1v) is 10.2. The van der Waals surface area contributed by atoms with Crippen molar-refractivity contribution in [1.29, 1.82) is 0 Å². The largest absolute Gasteiger partial charge is 0.460 e. The molecule has 0 bridgehead atoms. The first kappa shape index (κ1) is 22.2. The summed E-state index contributed by atoms with van der Waals surface area (Å²) < 4.78 is 5.50. The summed E-state index contributed by atoms with van der Waals surface area (Å²) in [5, 5.41) is 11.1. The maximum absolute atomic E-state index is 13.1.